The molecule has 0 unspecified atom stereocenters. The van der Waals surface area contributed by atoms with E-state index in [0.29, 0.717) is 11.3 Å². The van der Waals surface area contributed by atoms with E-state index in [0.717, 1.165) is 37.2 Å². The van der Waals surface area contributed by atoms with Crippen molar-refractivity contribution in [3.63, 3.8) is 0 Å². The molecule has 2 aromatic rings. The summed E-state index contributed by atoms with van der Waals surface area (Å²) in [6.45, 7) is 9.74. The van der Waals surface area contributed by atoms with Gasteiger partial charge >= 0.3 is 18.1 Å². The third kappa shape index (κ3) is 7.70. The first kappa shape index (κ1) is 26.0. The van der Waals surface area contributed by atoms with Crippen molar-refractivity contribution in [1.29, 1.82) is 0 Å². The molecule has 9 heteroatoms. The van der Waals surface area contributed by atoms with E-state index in [4.69, 9.17) is 14.2 Å². The second-order valence-electron chi connectivity index (χ2n) is 6.88. The second-order valence-corrected chi connectivity index (χ2v) is 6.88. The summed E-state index contributed by atoms with van der Waals surface area (Å²) < 4.78 is 60.3. The van der Waals surface area contributed by atoms with Gasteiger partial charge in [0.25, 0.3) is 0 Å². The lowest BCUT2D eigenvalue weighted by molar-refractivity contribution is -0.139. The van der Waals surface area contributed by atoms with E-state index >= 15 is 0 Å². The monoisotopic (exact) mass is 474 g/mol. The summed E-state index contributed by atoms with van der Waals surface area (Å²) >= 11 is 0. The number of hydrogen-bond donors (Lipinski definition) is 0. The van der Waals surface area contributed by atoms with Gasteiger partial charge in [0.15, 0.2) is 0 Å². The molecular formula is C25H21F3O6. The number of carbonyl (C=O) groups excluding carboxylic acids is 2. The molecule has 0 saturated heterocycles. The van der Waals surface area contributed by atoms with Gasteiger partial charge in [0.1, 0.15) is 36.5 Å². The number of ether oxygens (including phenoxy) is 4. The van der Waals surface area contributed by atoms with Crippen LogP contribution >= 0.6 is 0 Å². The minimum Gasteiger partial charge on any atom is -0.462 e. The van der Waals surface area contributed by atoms with E-state index in [1.54, 1.807) is 12.1 Å². The van der Waals surface area contributed by atoms with Crippen LogP contribution in [0.2, 0.25) is 0 Å². The Morgan fingerprint density at radius 2 is 1.26 bits per heavy atom. The number of halogens is 3. The van der Waals surface area contributed by atoms with E-state index in [1.165, 1.54) is 32.0 Å². The maximum Gasteiger partial charge on any atom is 0.420 e. The Kier molecular flexibility index (Phi) is 8.83. The number of rotatable bonds is 9. The molecule has 0 spiro atoms. The van der Waals surface area contributed by atoms with Crippen LogP contribution < -0.4 is 9.47 Å². The van der Waals surface area contributed by atoms with E-state index in [9.17, 15) is 22.8 Å². The third-order valence-electron chi connectivity index (χ3n) is 4.03. The molecule has 178 valence electrons. The Morgan fingerprint density at radius 3 is 1.76 bits per heavy atom. The zero-order valence-corrected chi connectivity index (χ0v) is 18.3. The molecule has 0 radical (unpaired) electrons. The number of hydrogen-bond acceptors (Lipinski definition) is 6. The van der Waals surface area contributed by atoms with Gasteiger partial charge in [-0.2, -0.15) is 13.2 Å². The first-order valence-electron chi connectivity index (χ1n) is 9.67. The van der Waals surface area contributed by atoms with Gasteiger partial charge in [-0.25, -0.2) is 9.59 Å². The van der Waals surface area contributed by atoms with Gasteiger partial charge in [0.2, 0.25) is 0 Å². The van der Waals surface area contributed by atoms with Crippen LogP contribution in [-0.2, 0) is 25.2 Å². The molecule has 0 heterocycles. The highest BCUT2D eigenvalue weighted by Gasteiger charge is 2.34. The average Bonchev–Trinajstić information content (AvgIpc) is 2.78. The molecule has 0 saturated carbocycles. The van der Waals surface area contributed by atoms with Crippen LogP contribution in [0.15, 0.2) is 91.8 Å². The second kappa shape index (κ2) is 11.6. The lowest BCUT2D eigenvalue weighted by atomic mass is 10.0. The first-order chi connectivity index (χ1) is 16.0. The lowest BCUT2D eigenvalue weighted by Crippen LogP contribution is -2.07. The molecular weight excluding hydrogens is 453 g/mol. The minimum atomic E-state index is -4.69. The van der Waals surface area contributed by atoms with Gasteiger partial charge in [0.05, 0.1) is 5.56 Å². The molecule has 0 amide bonds. The van der Waals surface area contributed by atoms with Crippen LogP contribution in [0.5, 0.6) is 11.5 Å². The summed E-state index contributed by atoms with van der Waals surface area (Å²) in [5.74, 6) is -1.43. The highest BCUT2D eigenvalue weighted by atomic mass is 19.4. The zero-order chi connectivity index (χ0) is 25.3. The molecule has 6 nitrogen and oxygen atoms in total. The molecule has 0 aliphatic carbocycles. The van der Waals surface area contributed by atoms with Crippen molar-refractivity contribution < 1.29 is 41.7 Å². The van der Waals surface area contributed by atoms with Gasteiger partial charge in [0, 0.05) is 11.1 Å². The molecule has 0 N–H and O–H groups in total. The third-order valence-corrected chi connectivity index (χ3v) is 4.03. The largest absolute Gasteiger partial charge is 0.462 e. The van der Waals surface area contributed by atoms with Crippen LogP contribution in [0.25, 0.3) is 11.1 Å². The topological polar surface area (TPSA) is 71.1 Å². The molecule has 0 fully saturated rings. The van der Waals surface area contributed by atoms with E-state index in [1.807, 2.05) is 0 Å². The first-order valence-corrected chi connectivity index (χ1v) is 9.67. The van der Waals surface area contributed by atoms with Crippen LogP contribution in [0.3, 0.4) is 0 Å². The Labute approximate surface area is 194 Å². The summed E-state index contributed by atoms with van der Waals surface area (Å²) in [6, 6.07) is 9.76. The standard InChI is InChI=1S/C25H21F3O6/c1-16(2)23(29)33-13-11-31-20-8-5-18(6-9-20)19-7-10-22(21(15-19)25(26,27)28)32-12-14-34-24(30)17(3)4/h5-15H,1,3H2,2,4H3/b13-11-,14-12-. The normalized spacial score (nSPS) is 11.3. The maximum absolute atomic E-state index is 13.6. The molecule has 0 atom stereocenters. The fourth-order valence-electron chi connectivity index (χ4n) is 2.35. The van der Waals surface area contributed by atoms with Crippen LogP contribution in [-0.4, -0.2) is 11.9 Å². The predicted octanol–water partition coefficient (Wildman–Crippen LogP) is 6.31. The Morgan fingerprint density at radius 1 is 0.765 bits per heavy atom. The van der Waals surface area contributed by atoms with Crippen LogP contribution in [0.1, 0.15) is 19.4 Å². The van der Waals surface area contributed by atoms with Gasteiger partial charge in [-0.1, -0.05) is 31.4 Å². The summed E-state index contributed by atoms with van der Waals surface area (Å²) in [7, 11) is 0. The Balaban J connectivity index is 2.13. The highest BCUT2D eigenvalue weighted by molar-refractivity contribution is 5.87. The van der Waals surface area contributed by atoms with Crippen molar-refractivity contribution in [3.05, 3.63) is 97.4 Å². The predicted molar refractivity (Wildman–Crippen MR) is 118 cm³/mol. The fourth-order valence-corrected chi connectivity index (χ4v) is 2.35. The SMILES string of the molecule is C=C(C)C(=O)O/C=C\Oc1ccc(-c2ccc(O/C=C\OC(=O)C(=C)C)c(C(F)(F)F)c2)cc1. The van der Waals surface area contributed by atoms with Gasteiger partial charge < -0.3 is 18.9 Å². The Hall–Kier alpha value is -4.27. The summed E-state index contributed by atoms with van der Waals surface area (Å²) in [5, 5.41) is 0. The fraction of sp³-hybridized carbons (Fsp3) is 0.120. The molecule has 0 aliphatic rings. The molecule has 2 rings (SSSR count). The molecule has 34 heavy (non-hydrogen) atoms. The quantitative estimate of drug-likeness (QED) is 0.241. The Bertz CT molecular complexity index is 1130. The number of esters is 2. The number of alkyl halides is 3. The van der Waals surface area contributed by atoms with Crippen molar-refractivity contribution in [3.8, 4) is 22.6 Å². The van der Waals surface area contributed by atoms with Crippen molar-refractivity contribution in [2.24, 2.45) is 0 Å². The summed E-state index contributed by atoms with van der Waals surface area (Å²) in [6.07, 6.45) is -0.836. The zero-order valence-electron chi connectivity index (χ0n) is 18.3. The summed E-state index contributed by atoms with van der Waals surface area (Å²) in [4.78, 5) is 22.5. The van der Waals surface area contributed by atoms with E-state index < -0.39 is 29.4 Å². The average molecular weight is 474 g/mol. The summed E-state index contributed by atoms with van der Waals surface area (Å²) in [5.41, 5.74) is 0.126. The van der Waals surface area contributed by atoms with Gasteiger partial charge in [-0.15, -0.1) is 0 Å². The molecule has 0 aliphatic heterocycles. The van der Waals surface area contributed by atoms with E-state index in [2.05, 4.69) is 17.9 Å². The van der Waals surface area contributed by atoms with Gasteiger partial charge in [-0.3, -0.25) is 0 Å². The number of benzene rings is 2. The van der Waals surface area contributed by atoms with Crippen molar-refractivity contribution in [2.75, 3.05) is 0 Å². The van der Waals surface area contributed by atoms with Gasteiger partial charge in [-0.05, 0) is 49.2 Å². The molecule has 0 aromatic heterocycles. The highest BCUT2D eigenvalue weighted by Crippen LogP contribution is 2.39. The van der Waals surface area contributed by atoms with Crippen LogP contribution in [0, 0.1) is 0 Å². The van der Waals surface area contributed by atoms with Crippen molar-refractivity contribution in [2.45, 2.75) is 20.0 Å². The van der Waals surface area contributed by atoms with Crippen LogP contribution in [0.4, 0.5) is 13.2 Å². The van der Waals surface area contributed by atoms with Crippen molar-refractivity contribution >= 4 is 11.9 Å². The van der Waals surface area contributed by atoms with E-state index in [-0.39, 0.29) is 16.7 Å². The number of carbonyl (C=O) groups is 2. The lowest BCUT2D eigenvalue weighted by Gasteiger charge is -2.14. The van der Waals surface area contributed by atoms with Crippen molar-refractivity contribution in [1.82, 2.24) is 0 Å². The molecule has 2 aromatic carbocycles. The smallest absolute Gasteiger partial charge is 0.420 e. The minimum absolute atomic E-state index is 0.128. The maximum atomic E-state index is 13.6. The molecule has 0 bridgehead atoms.